The number of rotatable bonds is 6. The molecule has 150 valence electrons. The van der Waals surface area contributed by atoms with E-state index in [1.165, 1.54) is 25.3 Å². The lowest BCUT2D eigenvalue weighted by molar-refractivity contribution is -0.385. The Morgan fingerprint density at radius 1 is 1.18 bits per heavy atom. The van der Waals surface area contributed by atoms with Crippen molar-refractivity contribution in [1.82, 2.24) is 0 Å². The molecule has 1 aliphatic rings. The molecule has 0 bridgehead atoms. The maximum Gasteiger partial charge on any atom is 0.341 e. The van der Waals surface area contributed by atoms with Gasteiger partial charge in [0, 0.05) is 22.6 Å². The minimum atomic E-state index is -4.50. The summed E-state index contributed by atoms with van der Waals surface area (Å²) in [6, 6.07) is 6.68. The Labute approximate surface area is 180 Å². The first-order valence-corrected chi connectivity index (χ1v) is 12.0. The lowest BCUT2D eigenvalue weighted by atomic mass is 10.2. The molecular weight excluding hydrogens is 469 g/mol. The molecule has 12 heteroatoms. The van der Waals surface area contributed by atoms with Crippen molar-refractivity contribution in [2.24, 2.45) is 0 Å². The Morgan fingerprint density at radius 2 is 1.86 bits per heavy atom. The topological polar surface area (TPSA) is 95.7 Å². The van der Waals surface area contributed by atoms with Crippen molar-refractivity contribution >= 4 is 62.5 Å². The van der Waals surface area contributed by atoms with Gasteiger partial charge in [-0.15, -0.1) is 23.5 Å². The van der Waals surface area contributed by atoms with E-state index in [1.54, 1.807) is 29.6 Å². The second kappa shape index (κ2) is 8.58. The van der Waals surface area contributed by atoms with Crippen molar-refractivity contribution in [1.29, 1.82) is 0 Å². The first-order valence-electron chi connectivity index (χ1n) is 7.72. The van der Waals surface area contributed by atoms with E-state index in [1.807, 2.05) is 0 Å². The van der Waals surface area contributed by atoms with Crippen molar-refractivity contribution in [2.75, 3.05) is 18.6 Å². The molecule has 0 aromatic heterocycles. The van der Waals surface area contributed by atoms with Gasteiger partial charge in [-0.3, -0.25) is 10.1 Å². The lowest BCUT2D eigenvalue weighted by Crippen LogP contribution is -2.12. The van der Waals surface area contributed by atoms with Gasteiger partial charge in [-0.05, 0) is 29.8 Å². The molecule has 0 radical (unpaired) electrons. The van der Waals surface area contributed by atoms with Crippen LogP contribution in [0.3, 0.4) is 0 Å². The molecule has 0 N–H and O–H groups in total. The maximum atomic E-state index is 12.7. The molecule has 28 heavy (non-hydrogen) atoms. The average molecular weight is 482 g/mol. The van der Waals surface area contributed by atoms with Crippen LogP contribution in [0.4, 0.5) is 5.69 Å². The number of nitro groups is 1. The Balaban J connectivity index is 2.09. The summed E-state index contributed by atoms with van der Waals surface area (Å²) in [7, 11) is -3.22. The van der Waals surface area contributed by atoms with E-state index in [-0.39, 0.29) is 20.4 Å². The van der Waals surface area contributed by atoms with Crippen LogP contribution < -0.4 is 8.92 Å². The van der Waals surface area contributed by atoms with Crippen molar-refractivity contribution in [3.8, 4) is 11.5 Å². The summed E-state index contributed by atoms with van der Waals surface area (Å²) >= 11 is 15.1. The summed E-state index contributed by atoms with van der Waals surface area (Å²) in [4.78, 5) is 10.5. The van der Waals surface area contributed by atoms with Crippen LogP contribution in [0.1, 0.15) is 10.1 Å². The van der Waals surface area contributed by atoms with E-state index in [2.05, 4.69) is 0 Å². The molecule has 7 nitrogen and oxygen atoms in total. The van der Waals surface area contributed by atoms with Crippen molar-refractivity contribution in [3.63, 3.8) is 0 Å². The van der Waals surface area contributed by atoms with Crippen LogP contribution in [0, 0.1) is 10.1 Å². The first kappa shape index (κ1) is 21.4. The predicted molar refractivity (Wildman–Crippen MR) is 112 cm³/mol. The van der Waals surface area contributed by atoms with Gasteiger partial charge in [0.1, 0.15) is 4.90 Å². The van der Waals surface area contributed by atoms with Crippen LogP contribution in [0.15, 0.2) is 35.2 Å². The van der Waals surface area contributed by atoms with Gasteiger partial charge in [0.2, 0.25) is 0 Å². The summed E-state index contributed by atoms with van der Waals surface area (Å²) in [5.74, 6) is 1.27. The molecule has 0 aliphatic carbocycles. The highest BCUT2D eigenvalue weighted by atomic mass is 35.5. The van der Waals surface area contributed by atoms with Gasteiger partial charge >= 0.3 is 15.8 Å². The highest BCUT2D eigenvalue weighted by Crippen LogP contribution is 2.50. The van der Waals surface area contributed by atoms with Crippen molar-refractivity contribution in [2.45, 2.75) is 9.48 Å². The van der Waals surface area contributed by atoms with Gasteiger partial charge in [-0.1, -0.05) is 23.2 Å². The number of nitro benzene ring substituents is 1. The fraction of sp³-hybridized carbons (Fsp3) is 0.250. The van der Waals surface area contributed by atoms with Gasteiger partial charge in [0.05, 0.1) is 21.6 Å². The van der Waals surface area contributed by atoms with Crippen LogP contribution in [-0.4, -0.2) is 32.0 Å². The standard InChI is InChI=1S/C16H13Cl2NO6S3/c1-24-13-7-9(16-26-4-5-27-16)6-12(19(20)21)15(13)25-28(22,23)14-8-10(17)2-3-11(14)18/h2-3,6-8,16H,4-5H2,1H3. The zero-order valence-electron chi connectivity index (χ0n) is 14.3. The second-order valence-electron chi connectivity index (χ2n) is 5.51. The third-order valence-corrected chi connectivity index (χ3v) is 8.77. The van der Waals surface area contributed by atoms with E-state index in [9.17, 15) is 18.5 Å². The monoisotopic (exact) mass is 481 g/mol. The van der Waals surface area contributed by atoms with Crippen LogP contribution in [0.2, 0.25) is 10.0 Å². The van der Waals surface area contributed by atoms with E-state index in [4.69, 9.17) is 32.1 Å². The molecule has 2 aromatic carbocycles. The molecule has 0 amide bonds. The Hall–Kier alpha value is -1.33. The SMILES string of the molecule is COc1cc(C2SCCS2)cc([N+](=O)[O-])c1OS(=O)(=O)c1cc(Cl)ccc1Cl. The van der Waals surface area contributed by atoms with Crippen LogP contribution in [-0.2, 0) is 10.1 Å². The normalized spacial score (nSPS) is 14.8. The summed E-state index contributed by atoms with van der Waals surface area (Å²) in [5, 5.41) is 11.6. The van der Waals surface area contributed by atoms with Crippen LogP contribution in [0.5, 0.6) is 11.5 Å². The van der Waals surface area contributed by atoms with E-state index >= 15 is 0 Å². The number of hydrogen-bond donors (Lipinski definition) is 0. The number of ether oxygens (including phenoxy) is 1. The molecule has 0 spiro atoms. The smallest absolute Gasteiger partial charge is 0.341 e. The quantitative estimate of drug-likeness (QED) is 0.317. The number of hydrogen-bond acceptors (Lipinski definition) is 8. The Bertz CT molecular complexity index is 1030. The third-order valence-electron chi connectivity index (χ3n) is 3.72. The minimum Gasteiger partial charge on any atom is -0.493 e. The van der Waals surface area contributed by atoms with Gasteiger partial charge in [0.25, 0.3) is 5.75 Å². The molecule has 1 saturated heterocycles. The molecule has 0 saturated carbocycles. The summed E-state index contributed by atoms with van der Waals surface area (Å²) in [6.07, 6.45) is 0. The Morgan fingerprint density at radius 3 is 2.46 bits per heavy atom. The summed E-state index contributed by atoms with van der Waals surface area (Å²) in [5.41, 5.74) is 0.144. The molecule has 1 heterocycles. The molecule has 1 fully saturated rings. The number of thioether (sulfide) groups is 2. The molecule has 2 aromatic rings. The fourth-order valence-electron chi connectivity index (χ4n) is 2.49. The number of benzene rings is 2. The first-order chi connectivity index (χ1) is 13.2. The Kier molecular flexibility index (Phi) is 6.55. The summed E-state index contributed by atoms with van der Waals surface area (Å²) in [6.45, 7) is 0. The highest BCUT2D eigenvalue weighted by molar-refractivity contribution is 8.19. The zero-order chi connectivity index (χ0) is 20.5. The molecule has 1 aliphatic heterocycles. The van der Waals surface area contributed by atoms with E-state index in [0.717, 1.165) is 17.6 Å². The van der Waals surface area contributed by atoms with Gasteiger partial charge in [-0.2, -0.15) is 8.42 Å². The van der Waals surface area contributed by atoms with Gasteiger partial charge in [0.15, 0.2) is 5.75 Å². The fourth-order valence-corrected chi connectivity index (χ4v) is 7.00. The van der Waals surface area contributed by atoms with Gasteiger partial charge < -0.3 is 8.92 Å². The number of methoxy groups -OCH3 is 1. The molecule has 3 rings (SSSR count). The molecular formula is C16H13Cl2NO6S3. The van der Waals surface area contributed by atoms with Gasteiger partial charge in [-0.25, -0.2) is 0 Å². The van der Waals surface area contributed by atoms with Crippen LogP contribution >= 0.6 is 46.7 Å². The second-order valence-corrected chi connectivity index (χ2v) is 10.6. The highest BCUT2D eigenvalue weighted by Gasteiger charge is 2.32. The van der Waals surface area contributed by atoms with E-state index in [0.29, 0.717) is 5.56 Å². The zero-order valence-corrected chi connectivity index (χ0v) is 18.2. The average Bonchev–Trinajstić information content (AvgIpc) is 3.18. The van der Waals surface area contributed by atoms with Crippen LogP contribution in [0.25, 0.3) is 0 Å². The minimum absolute atomic E-state index is 0.000585. The number of nitrogens with zero attached hydrogens (tertiary/aromatic N) is 1. The summed E-state index contributed by atoms with van der Waals surface area (Å²) < 4.78 is 35.7. The largest absolute Gasteiger partial charge is 0.493 e. The number of halogens is 2. The van der Waals surface area contributed by atoms with Crippen molar-refractivity contribution < 1.29 is 22.3 Å². The van der Waals surface area contributed by atoms with E-state index < -0.39 is 31.4 Å². The third kappa shape index (κ3) is 4.46. The maximum absolute atomic E-state index is 12.7. The van der Waals surface area contributed by atoms with Crippen molar-refractivity contribution in [3.05, 3.63) is 56.1 Å². The molecule has 0 atom stereocenters. The molecule has 0 unspecified atom stereocenters. The predicted octanol–water partition coefficient (Wildman–Crippen LogP) is 5.16. The lowest BCUT2D eigenvalue weighted by Gasteiger charge is -2.15.